The van der Waals surface area contributed by atoms with E-state index in [4.69, 9.17) is 4.42 Å². The molecule has 0 bridgehead atoms. The van der Waals surface area contributed by atoms with Crippen LogP contribution >= 0.6 is 0 Å². The highest BCUT2D eigenvalue weighted by Gasteiger charge is 2.19. The Kier molecular flexibility index (Phi) is 5.27. The van der Waals surface area contributed by atoms with E-state index in [1.807, 2.05) is 0 Å². The van der Waals surface area contributed by atoms with Crippen LogP contribution in [0.2, 0.25) is 0 Å². The van der Waals surface area contributed by atoms with Crippen LogP contribution in [0.1, 0.15) is 0 Å². The SMILES string of the molecule is c1ccc2cc(-c3ccc(-c4c5ccccc5c(-c5cc6cc7ccccc7cc6o5)c5ccccc45)cc3)ccc2c1. The maximum Gasteiger partial charge on any atom is 0.136 e. The average molecular weight is 547 g/mol. The minimum absolute atomic E-state index is 0.899. The first kappa shape index (κ1) is 24.0. The van der Waals surface area contributed by atoms with E-state index in [0.717, 1.165) is 22.3 Å². The van der Waals surface area contributed by atoms with Gasteiger partial charge in [0.25, 0.3) is 0 Å². The second-order valence-corrected chi connectivity index (χ2v) is 11.3. The standard InChI is InChI=1S/C42H26O/c1-2-10-30-23-33(22-19-27(30)9-1)28-17-20-29(21-18-28)41-35-13-5-7-15-37(35)42(38-16-8-6-14-36(38)41)40-26-34-24-31-11-3-4-12-32(31)25-39(34)43-40/h1-26H. The molecular formula is C42H26O. The molecule has 1 heteroatoms. The van der Waals surface area contributed by atoms with Crippen molar-refractivity contribution >= 4 is 54.1 Å². The van der Waals surface area contributed by atoms with Crippen LogP contribution in [0.25, 0.3) is 87.6 Å². The van der Waals surface area contributed by atoms with E-state index in [1.54, 1.807) is 0 Å². The Morgan fingerprint density at radius 1 is 0.302 bits per heavy atom. The normalized spacial score (nSPS) is 11.7. The minimum atomic E-state index is 0.899. The van der Waals surface area contributed by atoms with Crippen molar-refractivity contribution in [2.75, 3.05) is 0 Å². The van der Waals surface area contributed by atoms with Crippen molar-refractivity contribution in [3.05, 3.63) is 158 Å². The zero-order valence-electron chi connectivity index (χ0n) is 23.4. The van der Waals surface area contributed by atoms with Crippen molar-refractivity contribution in [3.63, 3.8) is 0 Å². The van der Waals surface area contributed by atoms with E-state index in [-0.39, 0.29) is 0 Å². The Hall–Kier alpha value is -5.66. The largest absolute Gasteiger partial charge is 0.456 e. The molecule has 9 rings (SSSR count). The highest BCUT2D eigenvalue weighted by atomic mass is 16.3. The maximum atomic E-state index is 6.62. The molecule has 8 aromatic carbocycles. The van der Waals surface area contributed by atoms with Crippen LogP contribution in [0.3, 0.4) is 0 Å². The van der Waals surface area contributed by atoms with Crippen molar-refractivity contribution in [1.29, 1.82) is 0 Å². The van der Waals surface area contributed by atoms with Crippen molar-refractivity contribution in [1.82, 2.24) is 0 Å². The Balaban J connectivity index is 1.24. The van der Waals surface area contributed by atoms with Gasteiger partial charge >= 0.3 is 0 Å². The van der Waals surface area contributed by atoms with E-state index in [0.29, 0.717) is 0 Å². The van der Waals surface area contributed by atoms with E-state index < -0.39 is 0 Å². The monoisotopic (exact) mass is 546 g/mol. The quantitative estimate of drug-likeness (QED) is 0.201. The molecule has 0 aliphatic carbocycles. The number of hydrogen-bond acceptors (Lipinski definition) is 1. The molecule has 0 aliphatic rings. The molecule has 0 amide bonds. The van der Waals surface area contributed by atoms with Crippen LogP contribution in [-0.4, -0.2) is 0 Å². The minimum Gasteiger partial charge on any atom is -0.456 e. The van der Waals surface area contributed by atoms with Crippen molar-refractivity contribution in [2.45, 2.75) is 0 Å². The summed E-state index contributed by atoms with van der Waals surface area (Å²) in [4.78, 5) is 0. The molecule has 9 aromatic rings. The van der Waals surface area contributed by atoms with Crippen LogP contribution < -0.4 is 0 Å². The van der Waals surface area contributed by atoms with Crippen LogP contribution in [0.4, 0.5) is 0 Å². The predicted octanol–water partition coefficient (Wildman–Crippen LogP) is 12.0. The Bertz CT molecular complexity index is 2390. The van der Waals surface area contributed by atoms with Gasteiger partial charge in [0.15, 0.2) is 0 Å². The highest BCUT2D eigenvalue weighted by Crippen LogP contribution is 2.45. The average Bonchev–Trinajstić information content (AvgIpc) is 3.48. The van der Waals surface area contributed by atoms with E-state index in [9.17, 15) is 0 Å². The van der Waals surface area contributed by atoms with Gasteiger partial charge in [0, 0.05) is 10.9 Å². The topological polar surface area (TPSA) is 13.1 Å². The summed E-state index contributed by atoms with van der Waals surface area (Å²) in [5, 5.41) is 10.9. The number of hydrogen-bond donors (Lipinski definition) is 0. The Morgan fingerprint density at radius 2 is 0.791 bits per heavy atom. The van der Waals surface area contributed by atoms with Gasteiger partial charge < -0.3 is 4.42 Å². The molecule has 1 heterocycles. The van der Waals surface area contributed by atoms with Gasteiger partial charge in [-0.25, -0.2) is 0 Å². The Morgan fingerprint density at radius 3 is 1.44 bits per heavy atom. The number of benzene rings is 8. The summed E-state index contributed by atoms with van der Waals surface area (Å²) in [6.07, 6.45) is 0. The summed E-state index contributed by atoms with van der Waals surface area (Å²) in [7, 11) is 0. The molecule has 0 saturated heterocycles. The first-order valence-electron chi connectivity index (χ1n) is 14.8. The predicted molar refractivity (Wildman–Crippen MR) is 183 cm³/mol. The molecule has 0 fully saturated rings. The molecule has 1 aromatic heterocycles. The molecule has 0 atom stereocenters. The lowest BCUT2D eigenvalue weighted by molar-refractivity contribution is 0.633. The molecular weight excluding hydrogens is 520 g/mol. The fourth-order valence-electron chi connectivity index (χ4n) is 6.75. The highest BCUT2D eigenvalue weighted by molar-refractivity contribution is 6.21. The van der Waals surface area contributed by atoms with Crippen LogP contribution in [-0.2, 0) is 0 Å². The summed E-state index contributed by atoms with van der Waals surface area (Å²) in [5.41, 5.74) is 6.96. The van der Waals surface area contributed by atoms with Gasteiger partial charge in [0.1, 0.15) is 11.3 Å². The van der Waals surface area contributed by atoms with Crippen molar-refractivity contribution < 1.29 is 4.42 Å². The first-order chi connectivity index (χ1) is 21.3. The lowest BCUT2D eigenvalue weighted by atomic mass is 9.87. The third kappa shape index (κ3) is 3.86. The second-order valence-electron chi connectivity index (χ2n) is 11.3. The van der Waals surface area contributed by atoms with Gasteiger partial charge in [-0.1, -0.05) is 133 Å². The molecule has 43 heavy (non-hydrogen) atoms. The van der Waals surface area contributed by atoms with Gasteiger partial charge in [-0.15, -0.1) is 0 Å². The van der Waals surface area contributed by atoms with Crippen LogP contribution in [0.15, 0.2) is 162 Å². The summed E-state index contributed by atoms with van der Waals surface area (Å²) < 4.78 is 6.62. The maximum absolute atomic E-state index is 6.62. The molecule has 0 unspecified atom stereocenters. The third-order valence-electron chi connectivity index (χ3n) is 8.82. The molecule has 0 spiro atoms. The van der Waals surface area contributed by atoms with Gasteiger partial charge in [-0.2, -0.15) is 0 Å². The summed E-state index contributed by atoms with van der Waals surface area (Å²) in [5.74, 6) is 0.899. The summed E-state index contributed by atoms with van der Waals surface area (Å²) in [6, 6.07) is 56.8. The number of furan rings is 1. The van der Waals surface area contributed by atoms with Gasteiger partial charge in [0.05, 0.1) is 0 Å². The summed E-state index contributed by atoms with van der Waals surface area (Å²) >= 11 is 0. The fraction of sp³-hybridized carbons (Fsp3) is 0. The third-order valence-corrected chi connectivity index (χ3v) is 8.82. The van der Waals surface area contributed by atoms with Crippen molar-refractivity contribution in [3.8, 4) is 33.6 Å². The number of fused-ring (bicyclic) bond motifs is 5. The molecule has 0 saturated carbocycles. The van der Waals surface area contributed by atoms with Crippen molar-refractivity contribution in [2.24, 2.45) is 0 Å². The molecule has 1 nitrogen and oxygen atoms in total. The fourth-order valence-corrected chi connectivity index (χ4v) is 6.75. The zero-order valence-corrected chi connectivity index (χ0v) is 23.4. The van der Waals surface area contributed by atoms with E-state index in [1.165, 1.54) is 65.3 Å². The smallest absolute Gasteiger partial charge is 0.136 e. The second kappa shape index (κ2) is 9.44. The summed E-state index contributed by atoms with van der Waals surface area (Å²) in [6.45, 7) is 0. The van der Waals surface area contributed by atoms with Gasteiger partial charge in [0.2, 0.25) is 0 Å². The Labute approximate surface area is 249 Å². The molecule has 200 valence electrons. The molecule has 0 aliphatic heterocycles. The van der Waals surface area contributed by atoms with Gasteiger partial charge in [-0.3, -0.25) is 0 Å². The van der Waals surface area contributed by atoms with E-state index >= 15 is 0 Å². The van der Waals surface area contributed by atoms with Gasteiger partial charge in [-0.05, 0) is 89.6 Å². The van der Waals surface area contributed by atoms with Crippen LogP contribution in [0.5, 0.6) is 0 Å². The first-order valence-corrected chi connectivity index (χ1v) is 14.8. The van der Waals surface area contributed by atoms with E-state index in [2.05, 4.69) is 158 Å². The lowest BCUT2D eigenvalue weighted by Gasteiger charge is -2.16. The lowest BCUT2D eigenvalue weighted by Crippen LogP contribution is -1.90. The number of rotatable bonds is 3. The molecule has 0 N–H and O–H groups in total. The zero-order chi connectivity index (χ0) is 28.3. The molecule has 0 radical (unpaired) electrons. The van der Waals surface area contributed by atoms with Crippen LogP contribution in [0, 0.1) is 0 Å².